The number of ether oxygens (including phenoxy) is 2. The first-order chi connectivity index (χ1) is 9.99. The quantitative estimate of drug-likeness (QED) is 0.839. The van der Waals surface area contributed by atoms with Crippen molar-refractivity contribution in [3.05, 3.63) is 50.8 Å². The lowest BCUT2D eigenvalue weighted by Crippen LogP contribution is -2.36. The summed E-state index contributed by atoms with van der Waals surface area (Å²) in [6.45, 7) is 1.26. The highest BCUT2D eigenvalue weighted by molar-refractivity contribution is 5.93. The van der Waals surface area contributed by atoms with Gasteiger partial charge in [-0.05, 0) is 19.1 Å². The molecule has 0 amide bonds. The fraction of sp³-hybridized carbons (Fsp3) is 0.214. The average Bonchev–Trinajstić information content (AvgIpc) is 2.46. The van der Waals surface area contributed by atoms with Gasteiger partial charge in [-0.3, -0.25) is 9.59 Å². The standard InChI is InChI=1S/C14H14N2O5/c1-8(17)10-7-15-14(19)16(13(10)18)9-4-5-11(20-2)12(6-9)21-3/h4-7H,1-3H3,(H,15,19). The molecule has 2 aromatic rings. The minimum absolute atomic E-state index is 0.0932. The fourth-order valence-corrected chi connectivity index (χ4v) is 1.92. The van der Waals surface area contributed by atoms with Crippen molar-refractivity contribution in [1.82, 2.24) is 9.55 Å². The van der Waals surface area contributed by atoms with Gasteiger partial charge >= 0.3 is 5.69 Å². The van der Waals surface area contributed by atoms with Crippen molar-refractivity contribution < 1.29 is 14.3 Å². The number of carbonyl (C=O) groups excluding carboxylic acids is 1. The van der Waals surface area contributed by atoms with Crippen LogP contribution < -0.4 is 20.7 Å². The summed E-state index contributed by atoms with van der Waals surface area (Å²) in [5.74, 6) is 0.411. The van der Waals surface area contributed by atoms with Crippen LogP contribution in [0.1, 0.15) is 17.3 Å². The topological polar surface area (TPSA) is 90.4 Å². The largest absolute Gasteiger partial charge is 0.493 e. The molecule has 0 atom stereocenters. The summed E-state index contributed by atoms with van der Waals surface area (Å²) < 4.78 is 11.1. The summed E-state index contributed by atoms with van der Waals surface area (Å²) in [5, 5.41) is 0. The van der Waals surface area contributed by atoms with Gasteiger partial charge in [-0.2, -0.15) is 0 Å². The third-order valence-electron chi connectivity index (χ3n) is 2.98. The number of nitrogens with one attached hydrogen (secondary N) is 1. The zero-order valence-corrected chi connectivity index (χ0v) is 11.8. The number of aromatic nitrogens is 2. The Bertz CT molecular complexity index is 804. The van der Waals surface area contributed by atoms with E-state index in [2.05, 4.69) is 4.98 Å². The van der Waals surface area contributed by atoms with E-state index in [1.807, 2.05) is 0 Å². The maximum atomic E-state index is 12.2. The van der Waals surface area contributed by atoms with Gasteiger partial charge in [0.1, 0.15) is 0 Å². The van der Waals surface area contributed by atoms with E-state index in [4.69, 9.17) is 9.47 Å². The molecule has 1 heterocycles. The summed E-state index contributed by atoms with van der Waals surface area (Å²) in [4.78, 5) is 37.9. The highest BCUT2D eigenvalue weighted by Crippen LogP contribution is 2.28. The van der Waals surface area contributed by atoms with Crippen LogP contribution in [-0.2, 0) is 0 Å². The van der Waals surface area contributed by atoms with Gasteiger partial charge in [0.2, 0.25) is 0 Å². The van der Waals surface area contributed by atoms with Crippen molar-refractivity contribution in [3.63, 3.8) is 0 Å². The molecule has 1 aromatic carbocycles. The van der Waals surface area contributed by atoms with Crippen LogP contribution in [0.2, 0.25) is 0 Å². The second-order valence-corrected chi connectivity index (χ2v) is 4.24. The maximum absolute atomic E-state index is 12.2. The minimum atomic E-state index is -0.682. The van der Waals surface area contributed by atoms with Crippen LogP contribution in [0, 0.1) is 0 Å². The Morgan fingerprint density at radius 2 is 1.81 bits per heavy atom. The van der Waals surface area contributed by atoms with Gasteiger partial charge in [0.05, 0.1) is 25.5 Å². The van der Waals surface area contributed by atoms with E-state index in [0.29, 0.717) is 11.5 Å². The molecule has 0 radical (unpaired) electrons. The number of hydrogen-bond donors (Lipinski definition) is 1. The Kier molecular flexibility index (Phi) is 3.93. The number of Topliss-reactive ketones (excluding diaryl/α,β-unsaturated/α-hetero) is 1. The molecular formula is C14H14N2O5. The summed E-state index contributed by atoms with van der Waals surface area (Å²) in [7, 11) is 2.92. The van der Waals surface area contributed by atoms with Gasteiger partial charge in [0.25, 0.3) is 5.56 Å². The lowest BCUT2D eigenvalue weighted by molar-refractivity contribution is 0.101. The van der Waals surface area contributed by atoms with Crippen molar-refractivity contribution in [2.75, 3.05) is 14.2 Å². The number of ketones is 1. The number of aromatic amines is 1. The number of carbonyl (C=O) groups is 1. The number of benzene rings is 1. The molecule has 0 aliphatic carbocycles. The number of nitrogens with zero attached hydrogens (tertiary/aromatic N) is 1. The molecule has 7 heteroatoms. The fourth-order valence-electron chi connectivity index (χ4n) is 1.92. The SMILES string of the molecule is COc1ccc(-n2c(=O)[nH]cc(C(C)=O)c2=O)cc1OC. The number of H-pyrrole nitrogens is 1. The highest BCUT2D eigenvalue weighted by atomic mass is 16.5. The van der Waals surface area contributed by atoms with Crippen LogP contribution in [-0.4, -0.2) is 29.6 Å². The molecule has 0 aliphatic heterocycles. The third kappa shape index (κ3) is 2.58. The lowest BCUT2D eigenvalue weighted by Gasteiger charge is -2.10. The smallest absolute Gasteiger partial charge is 0.333 e. The second-order valence-electron chi connectivity index (χ2n) is 4.24. The Balaban J connectivity index is 2.73. The first kappa shape index (κ1) is 14.6. The van der Waals surface area contributed by atoms with Crippen LogP contribution in [0.4, 0.5) is 0 Å². The zero-order chi connectivity index (χ0) is 15.6. The molecule has 0 unspecified atom stereocenters. The monoisotopic (exact) mass is 290 g/mol. The lowest BCUT2D eigenvalue weighted by atomic mass is 10.2. The van der Waals surface area contributed by atoms with Crippen LogP contribution in [0.25, 0.3) is 5.69 Å². The molecule has 0 bridgehead atoms. The predicted octanol–water partition coefficient (Wildman–Crippen LogP) is 0.746. The molecule has 1 aromatic heterocycles. The maximum Gasteiger partial charge on any atom is 0.333 e. The molecule has 0 fully saturated rings. The molecule has 0 saturated heterocycles. The Morgan fingerprint density at radius 1 is 1.14 bits per heavy atom. The van der Waals surface area contributed by atoms with E-state index in [9.17, 15) is 14.4 Å². The third-order valence-corrected chi connectivity index (χ3v) is 2.98. The minimum Gasteiger partial charge on any atom is -0.493 e. The first-order valence-electron chi connectivity index (χ1n) is 6.07. The van der Waals surface area contributed by atoms with E-state index >= 15 is 0 Å². The Labute approximate surface area is 119 Å². The van der Waals surface area contributed by atoms with Gasteiger partial charge < -0.3 is 14.5 Å². The van der Waals surface area contributed by atoms with E-state index in [1.165, 1.54) is 33.3 Å². The van der Waals surface area contributed by atoms with Crippen LogP contribution in [0.5, 0.6) is 11.5 Å². The molecular weight excluding hydrogens is 276 g/mol. The zero-order valence-electron chi connectivity index (χ0n) is 11.8. The van der Waals surface area contributed by atoms with Gasteiger partial charge in [-0.1, -0.05) is 0 Å². The van der Waals surface area contributed by atoms with Crippen LogP contribution in [0.15, 0.2) is 34.0 Å². The van der Waals surface area contributed by atoms with Crippen molar-refractivity contribution >= 4 is 5.78 Å². The Hall–Kier alpha value is -2.83. The van der Waals surface area contributed by atoms with E-state index < -0.39 is 17.0 Å². The van der Waals surface area contributed by atoms with Gasteiger partial charge in [0.15, 0.2) is 17.3 Å². The Morgan fingerprint density at radius 3 is 2.38 bits per heavy atom. The van der Waals surface area contributed by atoms with Crippen LogP contribution >= 0.6 is 0 Å². The molecule has 0 aliphatic rings. The van der Waals surface area contributed by atoms with E-state index in [1.54, 1.807) is 6.07 Å². The molecule has 110 valence electrons. The summed E-state index contributed by atoms with van der Waals surface area (Å²) in [6.07, 6.45) is 1.12. The normalized spacial score (nSPS) is 10.2. The highest BCUT2D eigenvalue weighted by Gasteiger charge is 2.14. The molecule has 7 nitrogen and oxygen atoms in total. The summed E-state index contributed by atoms with van der Waals surface area (Å²) in [5.41, 5.74) is -1.14. The number of rotatable bonds is 4. The van der Waals surface area contributed by atoms with E-state index in [0.717, 1.165) is 10.8 Å². The molecule has 2 rings (SSSR count). The van der Waals surface area contributed by atoms with Gasteiger partial charge in [-0.15, -0.1) is 0 Å². The van der Waals surface area contributed by atoms with E-state index in [-0.39, 0.29) is 11.3 Å². The number of methoxy groups -OCH3 is 2. The van der Waals surface area contributed by atoms with Gasteiger partial charge in [-0.25, -0.2) is 9.36 Å². The molecule has 1 N–H and O–H groups in total. The number of hydrogen-bond acceptors (Lipinski definition) is 5. The van der Waals surface area contributed by atoms with Crippen molar-refractivity contribution in [2.45, 2.75) is 6.92 Å². The first-order valence-corrected chi connectivity index (χ1v) is 6.07. The summed E-state index contributed by atoms with van der Waals surface area (Å²) in [6, 6.07) is 4.59. The predicted molar refractivity (Wildman–Crippen MR) is 75.8 cm³/mol. The summed E-state index contributed by atoms with van der Waals surface area (Å²) >= 11 is 0. The average molecular weight is 290 g/mol. The van der Waals surface area contributed by atoms with Crippen LogP contribution in [0.3, 0.4) is 0 Å². The molecule has 0 spiro atoms. The van der Waals surface area contributed by atoms with Crippen molar-refractivity contribution in [2.24, 2.45) is 0 Å². The van der Waals surface area contributed by atoms with Crippen molar-refractivity contribution in [3.8, 4) is 17.2 Å². The molecule has 0 saturated carbocycles. The van der Waals surface area contributed by atoms with Crippen molar-refractivity contribution in [1.29, 1.82) is 0 Å². The second kappa shape index (κ2) is 5.66. The molecule has 21 heavy (non-hydrogen) atoms. The van der Waals surface area contributed by atoms with Gasteiger partial charge in [0, 0.05) is 12.3 Å².